The van der Waals surface area contributed by atoms with E-state index in [1.807, 2.05) is 13.8 Å². The number of hydrogen-bond donors (Lipinski definition) is 2. The van der Waals surface area contributed by atoms with Crippen LogP contribution >= 0.6 is 0 Å². The molecule has 1 saturated heterocycles. The Bertz CT molecular complexity index is 329. The summed E-state index contributed by atoms with van der Waals surface area (Å²) in [5.74, 6) is 0.599. The Morgan fingerprint density at radius 2 is 1.81 bits per heavy atom. The van der Waals surface area contributed by atoms with Crippen LogP contribution in [0.3, 0.4) is 0 Å². The Hall–Kier alpha value is -0.610. The second-order valence-electron chi connectivity index (χ2n) is 7.81. The fraction of sp³-hybridized carbons (Fsp3) is 0.941. The summed E-state index contributed by atoms with van der Waals surface area (Å²) < 4.78 is 0. The van der Waals surface area contributed by atoms with Crippen LogP contribution < -0.4 is 11.1 Å². The molecule has 4 heteroatoms. The zero-order chi connectivity index (χ0) is 16.1. The van der Waals surface area contributed by atoms with E-state index in [-0.39, 0.29) is 5.91 Å². The summed E-state index contributed by atoms with van der Waals surface area (Å²) in [5.41, 5.74) is 5.40. The van der Waals surface area contributed by atoms with Crippen molar-refractivity contribution >= 4 is 5.91 Å². The summed E-state index contributed by atoms with van der Waals surface area (Å²) in [7, 11) is 0. The van der Waals surface area contributed by atoms with Gasteiger partial charge in [0, 0.05) is 0 Å². The maximum absolute atomic E-state index is 11.6. The third-order valence-corrected chi connectivity index (χ3v) is 5.07. The number of primary amides is 1. The number of hydrogen-bond acceptors (Lipinski definition) is 3. The number of amides is 1. The zero-order valence-electron chi connectivity index (χ0n) is 14.7. The molecule has 1 fully saturated rings. The Labute approximate surface area is 130 Å². The third kappa shape index (κ3) is 5.59. The van der Waals surface area contributed by atoms with Gasteiger partial charge in [0.05, 0.1) is 5.54 Å². The van der Waals surface area contributed by atoms with Gasteiger partial charge in [-0.25, -0.2) is 0 Å². The molecule has 0 radical (unpaired) electrons. The predicted octanol–water partition coefficient (Wildman–Crippen LogP) is 2.38. The molecule has 0 aromatic heterocycles. The largest absolute Gasteiger partial charge is 0.368 e. The molecule has 1 rings (SSSR count). The Kier molecular flexibility index (Phi) is 6.67. The van der Waals surface area contributed by atoms with E-state index >= 15 is 0 Å². The van der Waals surface area contributed by atoms with Crippen molar-refractivity contribution in [2.24, 2.45) is 17.1 Å². The van der Waals surface area contributed by atoms with Gasteiger partial charge in [0.15, 0.2) is 0 Å². The van der Waals surface area contributed by atoms with Crippen LogP contribution in [0.4, 0.5) is 0 Å². The van der Waals surface area contributed by atoms with Crippen molar-refractivity contribution in [2.75, 3.05) is 26.2 Å². The molecule has 1 unspecified atom stereocenters. The first-order valence-corrected chi connectivity index (χ1v) is 8.46. The number of piperidine rings is 1. The topological polar surface area (TPSA) is 58.4 Å². The van der Waals surface area contributed by atoms with Crippen molar-refractivity contribution in [1.29, 1.82) is 0 Å². The number of nitrogens with zero attached hydrogens (tertiary/aromatic N) is 1. The second-order valence-corrected chi connectivity index (χ2v) is 7.81. The van der Waals surface area contributed by atoms with Crippen LogP contribution in [0.2, 0.25) is 0 Å². The average molecular weight is 297 g/mol. The van der Waals surface area contributed by atoms with Gasteiger partial charge >= 0.3 is 0 Å². The van der Waals surface area contributed by atoms with Gasteiger partial charge in [-0.3, -0.25) is 4.79 Å². The van der Waals surface area contributed by atoms with Crippen LogP contribution in [-0.4, -0.2) is 42.5 Å². The van der Waals surface area contributed by atoms with Gasteiger partial charge in [-0.15, -0.1) is 0 Å². The maximum Gasteiger partial charge on any atom is 0.237 e. The van der Waals surface area contributed by atoms with Crippen molar-refractivity contribution in [1.82, 2.24) is 10.2 Å². The molecule has 0 aromatic rings. The molecule has 0 bridgehead atoms. The van der Waals surface area contributed by atoms with Gasteiger partial charge < -0.3 is 16.0 Å². The van der Waals surface area contributed by atoms with Crippen LogP contribution in [0.25, 0.3) is 0 Å². The molecule has 4 nitrogen and oxygen atoms in total. The van der Waals surface area contributed by atoms with Gasteiger partial charge in [-0.2, -0.15) is 0 Å². The average Bonchev–Trinajstić information content (AvgIpc) is 2.38. The SMILES string of the molecule is CCNC(C)(CCCN1CCC(C(C)(C)C)CC1)C(N)=O. The molecule has 21 heavy (non-hydrogen) atoms. The monoisotopic (exact) mass is 297 g/mol. The molecule has 0 aliphatic carbocycles. The van der Waals surface area contributed by atoms with E-state index in [9.17, 15) is 4.79 Å². The molecule has 1 heterocycles. The smallest absolute Gasteiger partial charge is 0.237 e. The van der Waals surface area contributed by atoms with Crippen molar-refractivity contribution in [3.8, 4) is 0 Å². The second kappa shape index (κ2) is 7.59. The minimum atomic E-state index is -0.557. The maximum atomic E-state index is 11.6. The van der Waals surface area contributed by atoms with E-state index < -0.39 is 5.54 Å². The molecule has 0 saturated carbocycles. The molecular formula is C17H35N3O. The van der Waals surface area contributed by atoms with Gasteiger partial charge in [0.25, 0.3) is 0 Å². The lowest BCUT2D eigenvalue weighted by atomic mass is 9.75. The molecule has 1 aliphatic rings. The fourth-order valence-corrected chi connectivity index (χ4v) is 3.37. The van der Waals surface area contributed by atoms with Crippen LogP contribution in [0.5, 0.6) is 0 Å². The first-order valence-electron chi connectivity index (χ1n) is 8.46. The number of carbonyl (C=O) groups excluding carboxylic acids is 1. The highest BCUT2D eigenvalue weighted by atomic mass is 16.1. The summed E-state index contributed by atoms with van der Waals surface area (Å²) in [5, 5.41) is 3.23. The lowest BCUT2D eigenvalue weighted by Gasteiger charge is -2.39. The first kappa shape index (κ1) is 18.4. The van der Waals surface area contributed by atoms with Crippen LogP contribution in [-0.2, 0) is 4.79 Å². The van der Waals surface area contributed by atoms with Gasteiger partial charge in [-0.1, -0.05) is 27.7 Å². The summed E-state index contributed by atoms with van der Waals surface area (Å²) in [6.45, 7) is 15.2. The fourth-order valence-electron chi connectivity index (χ4n) is 3.37. The quantitative estimate of drug-likeness (QED) is 0.758. The molecule has 1 amide bonds. The number of likely N-dealkylation sites (tertiary alicyclic amines) is 1. The molecule has 124 valence electrons. The highest BCUT2D eigenvalue weighted by Crippen LogP contribution is 2.34. The van der Waals surface area contributed by atoms with Gasteiger partial charge in [0.2, 0.25) is 5.91 Å². The van der Waals surface area contributed by atoms with E-state index in [1.54, 1.807) is 0 Å². The molecule has 0 spiro atoms. The van der Waals surface area contributed by atoms with Crippen molar-refractivity contribution in [2.45, 2.75) is 65.8 Å². The zero-order valence-corrected chi connectivity index (χ0v) is 14.7. The minimum absolute atomic E-state index is 0.240. The third-order valence-electron chi connectivity index (χ3n) is 5.07. The van der Waals surface area contributed by atoms with Crippen molar-refractivity contribution in [3.05, 3.63) is 0 Å². The summed E-state index contributed by atoms with van der Waals surface area (Å²) in [4.78, 5) is 14.1. The number of nitrogens with one attached hydrogen (secondary N) is 1. The number of rotatable bonds is 7. The lowest BCUT2D eigenvalue weighted by molar-refractivity contribution is -0.124. The molecule has 3 N–H and O–H groups in total. The Balaban J connectivity index is 2.33. The normalized spacial score (nSPS) is 21.2. The van der Waals surface area contributed by atoms with Crippen LogP contribution in [0.15, 0.2) is 0 Å². The summed E-state index contributed by atoms with van der Waals surface area (Å²) >= 11 is 0. The highest BCUT2D eigenvalue weighted by molar-refractivity contribution is 5.84. The van der Waals surface area contributed by atoms with Gasteiger partial charge in [0.1, 0.15) is 0 Å². The Morgan fingerprint density at radius 1 is 1.24 bits per heavy atom. The first-order chi connectivity index (χ1) is 9.69. The number of carbonyl (C=O) groups is 1. The van der Waals surface area contributed by atoms with Crippen LogP contribution in [0, 0.1) is 11.3 Å². The van der Waals surface area contributed by atoms with Crippen LogP contribution in [0.1, 0.15) is 60.3 Å². The predicted molar refractivity (Wildman–Crippen MR) is 89.1 cm³/mol. The summed E-state index contributed by atoms with van der Waals surface area (Å²) in [6, 6.07) is 0. The van der Waals surface area contributed by atoms with E-state index in [0.717, 1.165) is 31.8 Å². The molecule has 1 atom stereocenters. The van der Waals surface area contributed by atoms with Crippen molar-refractivity contribution in [3.63, 3.8) is 0 Å². The summed E-state index contributed by atoms with van der Waals surface area (Å²) in [6.07, 6.45) is 4.43. The highest BCUT2D eigenvalue weighted by Gasteiger charge is 2.31. The van der Waals surface area contributed by atoms with Crippen molar-refractivity contribution < 1.29 is 4.79 Å². The molecule has 0 aromatic carbocycles. The number of likely N-dealkylation sites (N-methyl/N-ethyl adjacent to an activating group) is 1. The standard InChI is InChI=1S/C17H35N3O/c1-6-19-17(5,15(18)21)10-7-11-20-12-8-14(9-13-20)16(2,3)4/h14,19H,6-13H2,1-5H3,(H2,18,21). The molecule has 1 aliphatic heterocycles. The van der Waals surface area contributed by atoms with E-state index in [2.05, 4.69) is 31.0 Å². The lowest BCUT2D eigenvalue weighted by Crippen LogP contribution is -2.53. The van der Waals surface area contributed by atoms with E-state index in [1.165, 1.54) is 25.9 Å². The van der Waals surface area contributed by atoms with E-state index in [4.69, 9.17) is 5.73 Å². The van der Waals surface area contributed by atoms with E-state index in [0.29, 0.717) is 5.41 Å². The molecular weight excluding hydrogens is 262 g/mol. The number of nitrogens with two attached hydrogens (primary N) is 1. The van der Waals surface area contributed by atoms with Gasteiger partial charge in [-0.05, 0) is 70.1 Å². The Morgan fingerprint density at radius 3 is 2.24 bits per heavy atom. The minimum Gasteiger partial charge on any atom is -0.368 e.